The summed E-state index contributed by atoms with van der Waals surface area (Å²) < 4.78 is 29.2. The van der Waals surface area contributed by atoms with Crippen LogP contribution in [0.3, 0.4) is 0 Å². The third-order valence-corrected chi connectivity index (χ3v) is 6.84. The predicted octanol–water partition coefficient (Wildman–Crippen LogP) is 1.45. The second-order valence-electron chi connectivity index (χ2n) is 8.32. The molecule has 174 valence electrons. The highest BCUT2D eigenvalue weighted by molar-refractivity contribution is 7.89. The van der Waals surface area contributed by atoms with Crippen LogP contribution in [0.25, 0.3) is 22.6 Å². The molecule has 5 aromatic rings. The number of fused-ring (bicyclic) bond motifs is 3. The Hall–Kier alpha value is -3.96. The molecule has 34 heavy (non-hydrogen) atoms. The van der Waals surface area contributed by atoms with Crippen LogP contribution >= 0.6 is 0 Å². The zero-order valence-corrected chi connectivity index (χ0v) is 19.6. The molecule has 0 aliphatic heterocycles. The lowest BCUT2D eigenvalue weighted by Gasteiger charge is -2.08. The molecule has 0 bridgehead atoms. The molecule has 0 unspecified atom stereocenters. The molecule has 0 atom stereocenters. The van der Waals surface area contributed by atoms with Gasteiger partial charge in [-0.3, -0.25) is 22.9 Å². The minimum absolute atomic E-state index is 0.00743. The summed E-state index contributed by atoms with van der Waals surface area (Å²) in [5.74, 6) is 0.427. The van der Waals surface area contributed by atoms with Gasteiger partial charge in [-0.25, -0.2) is 18.4 Å². The van der Waals surface area contributed by atoms with Crippen molar-refractivity contribution in [3.05, 3.63) is 92.4 Å². The van der Waals surface area contributed by atoms with Crippen LogP contribution in [0.15, 0.2) is 69.2 Å². The predicted molar refractivity (Wildman–Crippen MR) is 128 cm³/mol. The van der Waals surface area contributed by atoms with Crippen molar-refractivity contribution < 1.29 is 8.42 Å². The van der Waals surface area contributed by atoms with Gasteiger partial charge in [-0.15, -0.1) is 0 Å². The van der Waals surface area contributed by atoms with E-state index in [1.807, 2.05) is 38.1 Å². The van der Waals surface area contributed by atoms with Crippen LogP contribution in [0.5, 0.6) is 0 Å². The summed E-state index contributed by atoms with van der Waals surface area (Å²) in [6.07, 6.45) is 1.76. The van der Waals surface area contributed by atoms with Gasteiger partial charge < -0.3 is 0 Å². The number of aromatic nitrogens is 5. The van der Waals surface area contributed by atoms with Crippen molar-refractivity contribution in [1.82, 2.24) is 23.1 Å². The molecule has 0 saturated heterocycles. The van der Waals surface area contributed by atoms with E-state index in [1.165, 1.54) is 21.3 Å². The van der Waals surface area contributed by atoms with Gasteiger partial charge in [0.25, 0.3) is 5.56 Å². The average Bonchev–Trinajstić information content (AvgIpc) is 3.30. The number of sulfonamides is 1. The fraction of sp³-hybridized carbons (Fsp3) is 0.174. The van der Waals surface area contributed by atoms with Crippen LogP contribution < -0.4 is 16.4 Å². The molecule has 3 heterocycles. The van der Waals surface area contributed by atoms with E-state index >= 15 is 0 Å². The maximum atomic E-state index is 13.5. The van der Waals surface area contributed by atoms with Gasteiger partial charge in [-0.05, 0) is 43.7 Å². The molecule has 2 N–H and O–H groups in total. The highest BCUT2D eigenvalue weighted by Gasteiger charge is 2.21. The Morgan fingerprint density at radius 3 is 2.24 bits per heavy atom. The van der Waals surface area contributed by atoms with Crippen molar-refractivity contribution in [2.24, 2.45) is 12.2 Å². The van der Waals surface area contributed by atoms with E-state index in [0.717, 1.165) is 16.8 Å². The lowest BCUT2D eigenvalue weighted by Crippen LogP contribution is -2.39. The number of primary sulfonamides is 1. The molecule has 10 nitrogen and oxygen atoms in total. The van der Waals surface area contributed by atoms with Crippen molar-refractivity contribution >= 4 is 27.0 Å². The molecule has 0 amide bonds. The normalized spacial score (nSPS) is 12.1. The quantitative estimate of drug-likeness (QED) is 0.418. The van der Waals surface area contributed by atoms with Crippen molar-refractivity contribution in [3.8, 4) is 5.69 Å². The summed E-state index contributed by atoms with van der Waals surface area (Å²) in [6.45, 7) is 3.96. The Labute approximate surface area is 194 Å². The van der Waals surface area contributed by atoms with Gasteiger partial charge in [0.05, 0.1) is 11.4 Å². The van der Waals surface area contributed by atoms with Gasteiger partial charge in [0.2, 0.25) is 15.8 Å². The molecule has 2 aromatic carbocycles. The Morgan fingerprint density at radius 1 is 0.971 bits per heavy atom. The molecule has 0 fully saturated rings. The Balaban J connectivity index is 1.73. The number of benzene rings is 2. The number of hydrogen-bond donors (Lipinski definition) is 1. The first kappa shape index (κ1) is 21.9. The fourth-order valence-electron chi connectivity index (χ4n) is 4.13. The molecule has 11 heteroatoms. The molecule has 0 radical (unpaired) electrons. The number of rotatable bonds is 4. The first-order chi connectivity index (χ1) is 16.1. The Bertz CT molecular complexity index is 1800. The number of nitrogens with two attached hydrogens (primary N) is 1. The van der Waals surface area contributed by atoms with Crippen LogP contribution in [0.1, 0.15) is 16.8 Å². The Morgan fingerprint density at radius 2 is 1.62 bits per heavy atom. The molecule has 5 rings (SSSR count). The minimum atomic E-state index is -3.82. The van der Waals surface area contributed by atoms with E-state index in [0.29, 0.717) is 11.5 Å². The van der Waals surface area contributed by atoms with Crippen molar-refractivity contribution in [3.63, 3.8) is 0 Å². The van der Waals surface area contributed by atoms with Crippen molar-refractivity contribution in [2.45, 2.75) is 25.3 Å². The smallest absolute Gasteiger partial charge is 0.283 e. The number of nitrogens with zero attached hydrogens (tertiary/aromatic N) is 5. The van der Waals surface area contributed by atoms with E-state index in [4.69, 9.17) is 5.14 Å². The third-order valence-electron chi connectivity index (χ3n) is 5.91. The zero-order valence-electron chi connectivity index (χ0n) is 18.8. The van der Waals surface area contributed by atoms with Crippen LogP contribution in [0, 0.1) is 13.8 Å². The average molecular weight is 479 g/mol. The van der Waals surface area contributed by atoms with Crippen LogP contribution in [-0.2, 0) is 23.6 Å². The summed E-state index contributed by atoms with van der Waals surface area (Å²) in [5, 5.41) is 5.20. The summed E-state index contributed by atoms with van der Waals surface area (Å²) >= 11 is 0. The van der Waals surface area contributed by atoms with Crippen molar-refractivity contribution in [2.75, 3.05) is 0 Å². The molecule has 0 spiro atoms. The monoisotopic (exact) mass is 478 g/mol. The molecular formula is C23H22N6O4S. The van der Waals surface area contributed by atoms with Gasteiger partial charge in [-0.1, -0.05) is 29.8 Å². The first-order valence-electron chi connectivity index (χ1n) is 10.4. The van der Waals surface area contributed by atoms with Gasteiger partial charge in [0, 0.05) is 24.6 Å². The molecule has 0 aliphatic carbocycles. The lowest BCUT2D eigenvalue weighted by atomic mass is 10.1. The lowest BCUT2D eigenvalue weighted by molar-refractivity contribution is 0.598. The van der Waals surface area contributed by atoms with E-state index in [2.05, 4.69) is 4.98 Å². The second kappa shape index (κ2) is 7.54. The number of aryl methyl sites for hydroxylation is 3. The van der Waals surface area contributed by atoms with Crippen LogP contribution in [-0.4, -0.2) is 31.5 Å². The Kier molecular flexibility index (Phi) is 4.85. The van der Waals surface area contributed by atoms with E-state index < -0.39 is 21.3 Å². The largest absolute Gasteiger partial charge is 0.332 e. The highest BCUT2D eigenvalue weighted by atomic mass is 32.2. The summed E-state index contributed by atoms with van der Waals surface area (Å²) in [4.78, 5) is 31.1. The maximum absolute atomic E-state index is 13.5. The molecule has 3 aromatic heterocycles. The zero-order chi connectivity index (χ0) is 24.4. The number of imidazole rings is 2. The number of hydrogen-bond acceptors (Lipinski definition) is 5. The van der Waals surface area contributed by atoms with E-state index in [1.54, 1.807) is 34.3 Å². The van der Waals surface area contributed by atoms with E-state index in [-0.39, 0.29) is 22.6 Å². The summed E-state index contributed by atoms with van der Waals surface area (Å²) in [6, 6.07) is 13.7. The summed E-state index contributed by atoms with van der Waals surface area (Å²) in [7, 11) is -2.24. The topological polar surface area (TPSA) is 126 Å². The van der Waals surface area contributed by atoms with E-state index in [9.17, 15) is 18.0 Å². The standard InChI is InChI=1S/C23H22N6O4S/c1-14-4-6-16(7-5-14)13-28-21(30)19-20(26(3)23(28)31)25-22-27(19)12-15(2)29(22)17-8-10-18(11-9-17)34(24,32)33/h4-12H,13H2,1-3H3,(H2,24,32,33). The first-order valence-corrected chi connectivity index (χ1v) is 12.0. The fourth-order valence-corrected chi connectivity index (χ4v) is 4.65. The van der Waals surface area contributed by atoms with Crippen molar-refractivity contribution in [1.29, 1.82) is 0 Å². The van der Waals surface area contributed by atoms with Gasteiger partial charge >= 0.3 is 5.69 Å². The van der Waals surface area contributed by atoms with Gasteiger partial charge in [0.1, 0.15) is 0 Å². The molecular weight excluding hydrogens is 456 g/mol. The second-order valence-corrected chi connectivity index (χ2v) is 9.88. The molecule has 0 saturated carbocycles. The van der Waals surface area contributed by atoms with Gasteiger partial charge in [-0.2, -0.15) is 4.98 Å². The third kappa shape index (κ3) is 3.37. The summed E-state index contributed by atoms with van der Waals surface area (Å²) in [5.41, 5.74) is 2.99. The van der Waals surface area contributed by atoms with Crippen LogP contribution in [0.2, 0.25) is 0 Å². The minimum Gasteiger partial charge on any atom is -0.283 e. The van der Waals surface area contributed by atoms with Gasteiger partial charge in [0.15, 0.2) is 11.2 Å². The maximum Gasteiger partial charge on any atom is 0.332 e. The van der Waals surface area contributed by atoms with Crippen LogP contribution in [0.4, 0.5) is 0 Å². The molecule has 0 aliphatic rings. The SMILES string of the molecule is Cc1ccc(Cn2c(=O)c3c(nc4n(-c5ccc(S(N)(=O)=O)cc5)c(C)cn34)n(C)c2=O)cc1. The highest BCUT2D eigenvalue weighted by Crippen LogP contribution is 2.22.